The van der Waals surface area contributed by atoms with Crippen molar-refractivity contribution in [3.63, 3.8) is 0 Å². The van der Waals surface area contributed by atoms with E-state index in [9.17, 15) is 14.4 Å². The monoisotopic (exact) mass is 582 g/mol. The molecule has 1 fully saturated rings. The zero-order valence-corrected chi connectivity index (χ0v) is 24.2. The van der Waals surface area contributed by atoms with Crippen LogP contribution in [0, 0.1) is 5.41 Å². The van der Waals surface area contributed by atoms with E-state index in [0.717, 1.165) is 21.3 Å². The second kappa shape index (κ2) is 13.2. The number of carbonyl (C=O) groups is 3. The number of rotatable bonds is 11. The smallest absolute Gasteiger partial charge is 0.244 e. The van der Waals surface area contributed by atoms with Crippen LogP contribution in [0.15, 0.2) is 78.9 Å². The SMILES string of the molecule is CN[C@H](Cc1ccccc1)C(=O)NC(=O)[C@@H]1CCCN1[C@@H](Cc1cccc(C(=N)N)c1)C(=O)c1nc2ccccc2s1. The molecule has 1 aliphatic heterocycles. The van der Waals surface area contributed by atoms with Crippen molar-refractivity contribution in [2.75, 3.05) is 13.6 Å². The van der Waals surface area contributed by atoms with Crippen molar-refractivity contribution in [2.45, 2.75) is 43.8 Å². The molecule has 2 heterocycles. The zero-order valence-electron chi connectivity index (χ0n) is 23.4. The van der Waals surface area contributed by atoms with Gasteiger partial charge < -0.3 is 11.1 Å². The van der Waals surface area contributed by atoms with Crippen LogP contribution < -0.4 is 16.4 Å². The molecular weight excluding hydrogens is 548 g/mol. The third-order valence-corrected chi connectivity index (χ3v) is 8.72. The number of ketones is 1. The number of hydrogen-bond acceptors (Lipinski definition) is 8. The number of nitrogens with two attached hydrogens (primary N) is 1. The van der Waals surface area contributed by atoms with E-state index in [1.54, 1.807) is 19.2 Å². The third kappa shape index (κ3) is 6.62. The van der Waals surface area contributed by atoms with Crippen LogP contribution in [0.1, 0.15) is 39.3 Å². The van der Waals surface area contributed by atoms with Gasteiger partial charge in [0.05, 0.1) is 28.3 Å². The first-order valence-electron chi connectivity index (χ1n) is 14.0. The Morgan fingerprint density at radius 1 is 1.02 bits per heavy atom. The van der Waals surface area contributed by atoms with Gasteiger partial charge in [0.2, 0.25) is 17.6 Å². The highest BCUT2D eigenvalue weighted by molar-refractivity contribution is 7.20. The molecule has 0 bridgehead atoms. The van der Waals surface area contributed by atoms with Gasteiger partial charge in [-0.25, -0.2) is 4.98 Å². The van der Waals surface area contributed by atoms with Gasteiger partial charge >= 0.3 is 0 Å². The van der Waals surface area contributed by atoms with Crippen molar-refractivity contribution in [3.05, 3.63) is 101 Å². The second-order valence-electron chi connectivity index (χ2n) is 10.5. The normalized spacial score (nSPS) is 16.6. The molecule has 9 nitrogen and oxygen atoms in total. The summed E-state index contributed by atoms with van der Waals surface area (Å²) in [6.07, 6.45) is 1.98. The summed E-state index contributed by atoms with van der Waals surface area (Å²) >= 11 is 1.33. The van der Waals surface area contributed by atoms with Crippen LogP contribution in [0.2, 0.25) is 0 Å². The van der Waals surface area contributed by atoms with E-state index in [0.29, 0.717) is 42.8 Å². The molecular formula is C32H34N6O3S. The minimum Gasteiger partial charge on any atom is -0.384 e. The van der Waals surface area contributed by atoms with Gasteiger partial charge in [0.15, 0.2) is 5.01 Å². The molecule has 10 heteroatoms. The van der Waals surface area contributed by atoms with Crippen LogP contribution >= 0.6 is 11.3 Å². The molecule has 3 atom stereocenters. The lowest BCUT2D eigenvalue weighted by molar-refractivity contribution is -0.134. The molecule has 0 spiro atoms. The molecule has 42 heavy (non-hydrogen) atoms. The van der Waals surface area contributed by atoms with Crippen molar-refractivity contribution < 1.29 is 14.4 Å². The molecule has 5 rings (SSSR count). The van der Waals surface area contributed by atoms with E-state index in [1.165, 1.54) is 11.3 Å². The number of amidine groups is 1. The molecule has 0 aliphatic carbocycles. The number of aromatic nitrogens is 1. The summed E-state index contributed by atoms with van der Waals surface area (Å²) < 4.78 is 0.913. The van der Waals surface area contributed by atoms with Crippen LogP contribution in [0.4, 0.5) is 0 Å². The number of thiazole rings is 1. The lowest BCUT2D eigenvalue weighted by Crippen LogP contribution is -2.55. The fourth-order valence-electron chi connectivity index (χ4n) is 5.48. The molecule has 0 saturated carbocycles. The van der Waals surface area contributed by atoms with Crippen molar-refractivity contribution in [1.29, 1.82) is 5.41 Å². The summed E-state index contributed by atoms with van der Waals surface area (Å²) in [6, 6.07) is 22.6. The molecule has 3 aromatic carbocycles. The highest BCUT2D eigenvalue weighted by atomic mass is 32.1. The minimum atomic E-state index is -0.689. The van der Waals surface area contributed by atoms with Crippen LogP contribution in [-0.4, -0.2) is 65.0 Å². The average molecular weight is 583 g/mol. The number of carbonyl (C=O) groups excluding carboxylic acids is 3. The van der Waals surface area contributed by atoms with Gasteiger partial charge in [0, 0.05) is 5.56 Å². The van der Waals surface area contributed by atoms with Gasteiger partial charge in [0.1, 0.15) is 5.84 Å². The third-order valence-electron chi connectivity index (χ3n) is 7.67. The topological polar surface area (TPSA) is 141 Å². The Balaban J connectivity index is 1.39. The van der Waals surface area contributed by atoms with E-state index >= 15 is 0 Å². The predicted octanol–water partition coefficient (Wildman–Crippen LogP) is 3.31. The standard InChI is InChI=1S/C32H34N6O3S/c1-35-24(18-20-9-3-2-4-10-20)30(40)37-31(41)25-14-8-16-38(25)26(19-21-11-7-12-22(17-21)29(33)34)28(39)32-36-23-13-5-6-15-27(23)42-32/h2-7,9-13,15,17,24-26,35H,8,14,16,18-19H2,1H3,(H3,33,34)(H,37,40,41)/t24-,25+,26+/m1/s1. The van der Waals surface area contributed by atoms with Gasteiger partial charge in [0.25, 0.3) is 0 Å². The van der Waals surface area contributed by atoms with Crippen molar-refractivity contribution in [1.82, 2.24) is 20.5 Å². The Kier molecular flexibility index (Phi) is 9.16. The van der Waals surface area contributed by atoms with Crippen molar-refractivity contribution in [3.8, 4) is 0 Å². The summed E-state index contributed by atoms with van der Waals surface area (Å²) in [5.74, 6) is -1.04. The summed E-state index contributed by atoms with van der Waals surface area (Å²) in [4.78, 5) is 47.3. The minimum absolute atomic E-state index is 0.0579. The first-order chi connectivity index (χ1) is 20.3. The Bertz CT molecular complexity index is 1570. The second-order valence-corrected chi connectivity index (χ2v) is 11.5. The lowest BCUT2D eigenvalue weighted by Gasteiger charge is -2.31. The van der Waals surface area contributed by atoms with Gasteiger partial charge in [-0.05, 0) is 68.6 Å². The van der Waals surface area contributed by atoms with Gasteiger partial charge in [-0.3, -0.25) is 30.0 Å². The Morgan fingerprint density at radius 3 is 2.50 bits per heavy atom. The fourth-order valence-corrected chi connectivity index (χ4v) is 6.43. The van der Waals surface area contributed by atoms with E-state index in [-0.39, 0.29) is 11.6 Å². The summed E-state index contributed by atoms with van der Waals surface area (Å²) in [5.41, 5.74) is 8.85. The Morgan fingerprint density at radius 2 is 1.76 bits per heavy atom. The maximum atomic E-state index is 14.1. The number of imide groups is 1. The maximum Gasteiger partial charge on any atom is 0.244 e. The van der Waals surface area contributed by atoms with Crippen LogP contribution in [-0.2, 0) is 22.4 Å². The molecule has 4 aromatic rings. The summed E-state index contributed by atoms with van der Waals surface area (Å²) in [7, 11) is 1.70. The quantitative estimate of drug-likeness (QED) is 0.121. The largest absolute Gasteiger partial charge is 0.384 e. The number of benzene rings is 3. The average Bonchev–Trinajstić information content (AvgIpc) is 3.67. The van der Waals surface area contributed by atoms with Crippen LogP contribution in [0.25, 0.3) is 10.2 Å². The van der Waals surface area contributed by atoms with Crippen LogP contribution in [0.3, 0.4) is 0 Å². The van der Waals surface area contributed by atoms with Gasteiger partial charge in [-0.1, -0.05) is 60.7 Å². The van der Waals surface area contributed by atoms with E-state index in [4.69, 9.17) is 11.1 Å². The van der Waals surface area contributed by atoms with E-state index in [1.807, 2.05) is 71.6 Å². The molecule has 5 N–H and O–H groups in total. The van der Waals surface area contributed by atoms with Gasteiger partial charge in [-0.15, -0.1) is 11.3 Å². The highest BCUT2D eigenvalue weighted by Gasteiger charge is 2.40. The van der Waals surface area contributed by atoms with E-state index in [2.05, 4.69) is 15.6 Å². The highest BCUT2D eigenvalue weighted by Crippen LogP contribution is 2.29. The number of amides is 2. The molecule has 0 radical (unpaired) electrons. The number of hydrogen-bond donors (Lipinski definition) is 4. The molecule has 216 valence electrons. The van der Waals surface area contributed by atoms with Crippen molar-refractivity contribution in [2.24, 2.45) is 5.73 Å². The number of fused-ring (bicyclic) bond motifs is 1. The number of para-hydroxylation sites is 1. The first-order valence-corrected chi connectivity index (χ1v) is 14.8. The summed E-state index contributed by atoms with van der Waals surface area (Å²) in [6.45, 7) is 0.527. The molecule has 1 aliphatic rings. The molecule has 1 aromatic heterocycles. The van der Waals surface area contributed by atoms with Gasteiger partial charge in [-0.2, -0.15) is 0 Å². The lowest BCUT2D eigenvalue weighted by atomic mass is 9.98. The predicted molar refractivity (Wildman–Crippen MR) is 165 cm³/mol. The zero-order chi connectivity index (χ0) is 29.6. The Hall–Kier alpha value is -4.25. The summed E-state index contributed by atoms with van der Waals surface area (Å²) in [5, 5.41) is 13.8. The molecule has 1 saturated heterocycles. The maximum absolute atomic E-state index is 14.1. The van der Waals surface area contributed by atoms with Crippen LogP contribution in [0.5, 0.6) is 0 Å². The van der Waals surface area contributed by atoms with E-state index < -0.39 is 29.9 Å². The number of Topliss-reactive ketones (excluding diaryl/α,β-unsaturated/α-hetero) is 1. The number of nitrogens with zero attached hydrogens (tertiary/aromatic N) is 2. The number of likely N-dealkylation sites (N-methyl/N-ethyl adjacent to an activating group) is 1. The molecule has 0 unspecified atom stereocenters. The number of nitrogens with one attached hydrogen (secondary N) is 3. The van der Waals surface area contributed by atoms with Crippen molar-refractivity contribution >= 4 is 45.0 Å². The number of nitrogen functional groups attached to an aromatic ring is 1. The fraction of sp³-hybridized carbons (Fsp3) is 0.281. The first kappa shape index (κ1) is 29.2. The number of likely N-dealkylation sites (tertiary alicyclic amines) is 1. The molecule has 2 amide bonds. The Labute approximate surface area is 248 Å².